The van der Waals surface area contributed by atoms with Crippen LogP contribution < -0.4 is 0 Å². The van der Waals surface area contributed by atoms with E-state index in [2.05, 4.69) is 4.74 Å². The van der Waals surface area contributed by atoms with Gasteiger partial charge in [-0.2, -0.15) is 0 Å². The van der Waals surface area contributed by atoms with Gasteiger partial charge in [0.1, 0.15) is 6.04 Å². The van der Waals surface area contributed by atoms with Crippen molar-refractivity contribution in [2.24, 2.45) is 0 Å². The Kier molecular flexibility index (Phi) is 7.16. The molecular weight excluding hydrogens is 258 g/mol. The summed E-state index contributed by atoms with van der Waals surface area (Å²) in [6.07, 6.45) is -0.170. The van der Waals surface area contributed by atoms with Gasteiger partial charge >= 0.3 is 23.8 Å². The minimum Gasteiger partial charge on any atom is -0.481 e. The highest BCUT2D eigenvalue weighted by molar-refractivity contribution is 6.32. The zero-order chi connectivity index (χ0) is 15.0. The first-order chi connectivity index (χ1) is 8.81. The number of esters is 1. The fourth-order valence-electron chi connectivity index (χ4n) is 1.29. The largest absolute Gasteiger partial charge is 0.481 e. The summed E-state index contributed by atoms with van der Waals surface area (Å²) in [6, 6.07) is -1.38. The third kappa shape index (κ3) is 5.84. The number of hydrogen-bond donors (Lipinski definition) is 2. The minimum absolute atomic E-state index is 0.0608. The van der Waals surface area contributed by atoms with Crippen molar-refractivity contribution in [1.82, 2.24) is 4.90 Å². The highest BCUT2D eigenvalue weighted by Crippen LogP contribution is 2.07. The Morgan fingerprint density at radius 3 is 2.21 bits per heavy atom. The van der Waals surface area contributed by atoms with Crippen LogP contribution in [-0.4, -0.2) is 58.6 Å². The fourth-order valence-corrected chi connectivity index (χ4v) is 1.29. The van der Waals surface area contributed by atoms with E-state index in [-0.39, 0.29) is 13.0 Å². The second-order valence-electron chi connectivity index (χ2n) is 3.84. The highest BCUT2D eigenvalue weighted by Gasteiger charge is 2.31. The van der Waals surface area contributed by atoms with Crippen molar-refractivity contribution in [3.05, 3.63) is 0 Å². The van der Waals surface area contributed by atoms with Gasteiger partial charge in [0.05, 0.1) is 6.61 Å². The molecule has 0 aromatic carbocycles. The average Bonchev–Trinajstić information content (AvgIpc) is 2.34. The molecule has 0 bridgehead atoms. The number of aliphatic carboxylic acids is 2. The molecule has 8 heteroatoms. The van der Waals surface area contributed by atoms with Gasteiger partial charge in [0.25, 0.3) is 0 Å². The van der Waals surface area contributed by atoms with Crippen molar-refractivity contribution in [2.45, 2.75) is 32.2 Å². The van der Waals surface area contributed by atoms with Crippen LogP contribution in [0, 0.1) is 0 Å². The summed E-state index contributed by atoms with van der Waals surface area (Å²) in [6.45, 7) is 1.81. The highest BCUT2D eigenvalue weighted by atomic mass is 16.5. The van der Waals surface area contributed by atoms with Crippen LogP contribution in [0.5, 0.6) is 0 Å². The van der Waals surface area contributed by atoms with Gasteiger partial charge in [-0.3, -0.25) is 9.59 Å². The summed E-state index contributed by atoms with van der Waals surface area (Å²) < 4.78 is 4.59. The number of amides is 1. The molecule has 0 rings (SSSR count). The number of nitrogens with zero attached hydrogens (tertiary/aromatic N) is 1. The number of carbonyl (C=O) groups is 4. The molecule has 0 fully saturated rings. The molecule has 1 atom stereocenters. The second kappa shape index (κ2) is 8.06. The maximum atomic E-state index is 11.6. The summed E-state index contributed by atoms with van der Waals surface area (Å²) in [5.41, 5.74) is 0. The zero-order valence-electron chi connectivity index (χ0n) is 10.8. The van der Waals surface area contributed by atoms with Crippen molar-refractivity contribution in [3.63, 3.8) is 0 Å². The van der Waals surface area contributed by atoms with Gasteiger partial charge < -0.3 is 19.8 Å². The summed E-state index contributed by atoms with van der Waals surface area (Å²) >= 11 is 0. The van der Waals surface area contributed by atoms with Gasteiger partial charge in [-0.15, -0.1) is 0 Å². The molecule has 0 unspecified atom stereocenters. The summed E-state index contributed by atoms with van der Waals surface area (Å²) in [5, 5.41) is 17.4. The molecule has 0 radical (unpaired) electrons. The molecule has 0 heterocycles. The number of carboxylic acids is 2. The van der Waals surface area contributed by atoms with Gasteiger partial charge in [0.15, 0.2) is 0 Å². The summed E-state index contributed by atoms with van der Waals surface area (Å²) in [4.78, 5) is 44.9. The van der Waals surface area contributed by atoms with Crippen LogP contribution in [-0.2, 0) is 23.9 Å². The lowest BCUT2D eigenvalue weighted by molar-refractivity contribution is -0.163. The molecule has 0 aliphatic heterocycles. The standard InChI is InChI=1S/C11H17NO7/c1-3-6-19-11(18)9(15)12(2)7(10(16)17)4-5-8(13)14/h7H,3-6H2,1-2H3,(H,13,14)(H,16,17)/t7-/m0/s1. The van der Waals surface area contributed by atoms with E-state index in [1.54, 1.807) is 6.92 Å². The topological polar surface area (TPSA) is 121 Å². The van der Waals surface area contributed by atoms with Gasteiger partial charge in [-0.25, -0.2) is 9.59 Å². The Balaban J connectivity index is 4.65. The number of carboxylic acid groups (broad SMARTS) is 2. The van der Waals surface area contributed by atoms with Crippen molar-refractivity contribution >= 4 is 23.8 Å². The van der Waals surface area contributed by atoms with Crippen molar-refractivity contribution < 1.29 is 34.1 Å². The lowest BCUT2D eigenvalue weighted by Crippen LogP contribution is -2.46. The zero-order valence-corrected chi connectivity index (χ0v) is 10.8. The van der Waals surface area contributed by atoms with E-state index < -0.39 is 36.3 Å². The number of hydrogen-bond acceptors (Lipinski definition) is 5. The number of ether oxygens (including phenoxy) is 1. The van der Waals surface area contributed by atoms with E-state index >= 15 is 0 Å². The molecule has 0 saturated heterocycles. The average molecular weight is 275 g/mol. The Morgan fingerprint density at radius 1 is 1.21 bits per heavy atom. The van der Waals surface area contributed by atoms with Gasteiger partial charge in [0.2, 0.25) is 0 Å². The smallest absolute Gasteiger partial charge is 0.397 e. The Labute approximate surface area is 109 Å². The third-order valence-corrected chi connectivity index (χ3v) is 2.32. The molecule has 0 aliphatic rings. The van der Waals surface area contributed by atoms with Crippen LogP contribution >= 0.6 is 0 Å². The van der Waals surface area contributed by atoms with E-state index in [0.29, 0.717) is 11.3 Å². The Morgan fingerprint density at radius 2 is 1.79 bits per heavy atom. The molecular formula is C11H17NO7. The lowest BCUT2D eigenvalue weighted by atomic mass is 10.1. The van der Waals surface area contributed by atoms with Crippen LogP contribution in [0.15, 0.2) is 0 Å². The molecule has 19 heavy (non-hydrogen) atoms. The molecule has 0 aromatic heterocycles. The van der Waals surface area contributed by atoms with Gasteiger partial charge in [0, 0.05) is 13.5 Å². The second-order valence-corrected chi connectivity index (χ2v) is 3.84. The fraction of sp³-hybridized carbons (Fsp3) is 0.636. The number of carbonyl (C=O) groups excluding carboxylic acids is 2. The van der Waals surface area contributed by atoms with Crippen molar-refractivity contribution in [1.29, 1.82) is 0 Å². The first-order valence-corrected chi connectivity index (χ1v) is 5.69. The Bertz CT molecular complexity index is 366. The van der Waals surface area contributed by atoms with E-state index in [4.69, 9.17) is 10.2 Å². The first-order valence-electron chi connectivity index (χ1n) is 5.69. The van der Waals surface area contributed by atoms with Crippen LogP contribution in [0.25, 0.3) is 0 Å². The number of rotatable bonds is 7. The van der Waals surface area contributed by atoms with E-state index in [9.17, 15) is 19.2 Å². The van der Waals surface area contributed by atoms with E-state index in [0.717, 1.165) is 7.05 Å². The molecule has 0 saturated carbocycles. The normalized spacial score (nSPS) is 11.5. The lowest BCUT2D eigenvalue weighted by Gasteiger charge is -2.23. The molecule has 2 N–H and O–H groups in total. The third-order valence-electron chi connectivity index (χ3n) is 2.32. The summed E-state index contributed by atoms with van der Waals surface area (Å²) in [5.74, 6) is -4.81. The van der Waals surface area contributed by atoms with E-state index in [1.807, 2.05) is 0 Å². The monoisotopic (exact) mass is 275 g/mol. The predicted molar refractivity (Wildman–Crippen MR) is 62.3 cm³/mol. The minimum atomic E-state index is -1.38. The molecule has 0 spiro atoms. The van der Waals surface area contributed by atoms with Crippen LogP contribution in [0.3, 0.4) is 0 Å². The van der Waals surface area contributed by atoms with Crippen molar-refractivity contribution in [2.75, 3.05) is 13.7 Å². The maximum Gasteiger partial charge on any atom is 0.397 e. The van der Waals surface area contributed by atoms with Gasteiger partial charge in [-0.05, 0) is 12.8 Å². The molecule has 108 valence electrons. The SMILES string of the molecule is CCCOC(=O)C(=O)N(C)[C@@H](CCC(=O)O)C(=O)O. The Hall–Kier alpha value is -2.12. The molecule has 0 aromatic rings. The molecule has 8 nitrogen and oxygen atoms in total. The van der Waals surface area contributed by atoms with Crippen LogP contribution in [0.2, 0.25) is 0 Å². The maximum absolute atomic E-state index is 11.6. The quantitative estimate of drug-likeness (QED) is 0.484. The van der Waals surface area contributed by atoms with E-state index in [1.165, 1.54) is 0 Å². The first kappa shape index (κ1) is 16.9. The number of likely N-dealkylation sites (N-methyl/N-ethyl adjacent to an activating group) is 1. The van der Waals surface area contributed by atoms with Gasteiger partial charge in [-0.1, -0.05) is 6.92 Å². The van der Waals surface area contributed by atoms with Crippen molar-refractivity contribution in [3.8, 4) is 0 Å². The summed E-state index contributed by atoms with van der Waals surface area (Å²) in [7, 11) is 1.12. The predicted octanol–water partition coefficient (Wildman–Crippen LogP) is -0.284. The molecule has 0 aliphatic carbocycles. The molecule has 1 amide bonds. The van der Waals surface area contributed by atoms with Crippen LogP contribution in [0.1, 0.15) is 26.2 Å². The van der Waals surface area contributed by atoms with Crippen LogP contribution in [0.4, 0.5) is 0 Å².